The number of ether oxygens (including phenoxy) is 1. The van der Waals surface area contributed by atoms with Crippen LogP contribution >= 0.6 is 0 Å². The number of carbonyl (C=O) groups is 2. The van der Waals surface area contributed by atoms with Crippen LogP contribution in [0.2, 0.25) is 0 Å². The first-order chi connectivity index (χ1) is 7.54. The molecule has 1 saturated heterocycles. The van der Waals surface area contributed by atoms with Gasteiger partial charge in [0.25, 0.3) is 0 Å². The van der Waals surface area contributed by atoms with E-state index in [1.165, 1.54) is 4.90 Å². The molecule has 0 aromatic heterocycles. The lowest BCUT2D eigenvalue weighted by atomic mass is 9.97. The third-order valence-corrected chi connectivity index (χ3v) is 1.86. The Morgan fingerprint density at radius 1 is 1.53 bits per heavy atom. The molecule has 0 aromatic rings. The minimum absolute atomic E-state index is 0.0776. The molecule has 0 radical (unpaired) electrons. The van der Waals surface area contributed by atoms with Crippen molar-refractivity contribution >= 4 is 12.1 Å². The fraction of sp³-hybridized carbons (Fsp3) is 0.800. The maximum atomic E-state index is 11.5. The van der Waals surface area contributed by atoms with Gasteiger partial charge in [-0.2, -0.15) is 0 Å². The van der Waals surface area contributed by atoms with Gasteiger partial charge in [0, 0.05) is 21.7 Å². The molecule has 0 atom stereocenters. The number of carbonyl (C=O) groups excluding carboxylic acids is 1. The second kappa shape index (κ2) is 4.08. The van der Waals surface area contributed by atoms with Crippen molar-refractivity contribution in [2.45, 2.75) is 32.7 Å². The third-order valence-electron chi connectivity index (χ3n) is 1.86. The molecule has 1 N–H and O–H groups in total. The van der Waals surface area contributed by atoms with Gasteiger partial charge in [-0.3, -0.25) is 4.79 Å². The van der Waals surface area contributed by atoms with Crippen LogP contribution in [0.15, 0.2) is 0 Å². The number of nitrogens with zero attached hydrogens (tertiary/aromatic N) is 1. The summed E-state index contributed by atoms with van der Waals surface area (Å²) in [6, 6.07) is 0. The number of carboxylic acid groups (broad SMARTS) is 1. The molecule has 0 aromatic carbocycles. The quantitative estimate of drug-likeness (QED) is 0.757. The molecule has 15 heavy (non-hydrogen) atoms. The Bertz CT molecular complexity index is 332. The minimum Gasteiger partial charge on any atom is -0.481 e. The molecule has 5 heteroatoms. The van der Waals surface area contributed by atoms with Crippen molar-refractivity contribution in [3.05, 3.63) is 0 Å². The Morgan fingerprint density at radius 2 is 2.07 bits per heavy atom. The predicted octanol–water partition coefficient (Wildman–Crippen LogP) is 1.33. The summed E-state index contributed by atoms with van der Waals surface area (Å²) in [5.74, 6) is -2.17. The lowest BCUT2D eigenvalue weighted by Crippen LogP contribution is -2.52. The van der Waals surface area contributed by atoms with Crippen molar-refractivity contribution < 1.29 is 22.2 Å². The van der Waals surface area contributed by atoms with E-state index in [-0.39, 0.29) is 13.1 Å². The van der Waals surface area contributed by atoms with E-state index in [0.29, 0.717) is 0 Å². The number of amides is 1. The highest BCUT2D eigenvalue weighted by molar-refractivity contribution is 5.71. The van der Waals surface area contributed by atoms with Crippen molar-refractivity contribution in [1.29, 1.82) is 0 Å². The molecule has 1 amide bonds. The molecule has 5 nitrogen and oxygen atoms in total. The average Bonchev–Trinajstić information content (AvgIpc) is 1.95. The summed E-state index contributed by atoms with van der Waals surface area (Å²) in [6.45, 7) is 5.36. The fourth-order valence-corrected chi connectivity index (χ4v) is 1.22. The maximum absolute atomic E-state index is 11.5. The van der Waals surface area contributed by atoms with Crippen LogP contribution in [0.5, 0.6) is 0 Å². The normalized spacial score (nSPS) is 20.1. The standard InChI is InChI=1S/C10H17NO4/c1-10(2,3)15-9(14)11-5-7(6-11)4-8(12)13/h7H,4-6H2,1-3H3,(H,12,13)/i4D2. The van der Waals surface area contributed by atoms with Crippen LogP contribution < -0.4 is 0 Å². The molecule has 0 bridgehead atoms. The number of rotatable bonds is 2. The summed E-state index contributed by atoms with van der Waals surface area (Å²) in [5.41, 5.74) is -0.603. The van der Waals surface area contributed by atoms with Gasteiger partial charge in [0.1, 0.15) is 5.60 Å². The van der Waals surface area contributed by atoms with Gasteiger partial charge < -0.3 is 14.7 Å². The zero-order valence-corrected chi connectivity index (χ0v) is 9.11. The van der Waals surface area contributed by atoms with Gasteiger partial charge in [-0.1, -0.05) is 0 Å². The largest absolute Gasteiger partial charge is 0.481 e. The SMILES string of the molecule is [2H]C([2H])(C(=O)O)C1CN(C(=O)OC(C)(C)C)C1. The molecule has 1 fully saturated rings. The van der Waals surface area contributed by atoms with Crippen molar-refractivity contribution in [2.24, 2.45) is 5.92 Å². The van der Waals surface area contributed by atoms with Gasteiger partial charge in [0.15, 0.2) is 0 Å². The Morgan fingerprint density at radius 3 is 2.47 bits per heavy atom. The van der Waals surface area contributed by atoms with Crippen LogP contribution in [-0.4, -0.2) is 40.8 Å². The van der Waals surface area contributed by atoms with E-state index in [9.17, 15) is 9.59 Å². The highest BCUT2D eigenvalue weighted by Gasteiger charge is 2.34. The van der Waals surface area contributed by atoms with E-state index in [2.05, 4.69) is 0 Å². The van der Waals surface area contributed by atoms with E-state index in [0.717, 1.165) is 0 Å². The molecule has 1 heterocycles. The Kier molecular flexibility index (Phi) is 2.45. The van der Waals surface area contributed by atoms with Crippen LogP contribution in [0, 0.1) is 5.92 Å². The molecule has 0 unspecified atom stereocenters. The van der Waals surface area contributed by atoms with Gasteiger partial charge >= 0.3 is 12.1 Å². The van der Waals surface area contributed by atoms with Crippen LogP contribution in [0.25, 0.3) is 0 Å². The predicted molar refractivity (Wildman–Crippen MR) is 53.5 cm³/mol. The summed E-state index contributed by atoms with van der Waals surface area (Å²) < 4.78 is 19.8. The fourth-order valence-electron chi connectivity index (χ4n) is 1.22. The Labute approximate surface area is 91.8 Å². The molecule has 86 valence electrons. The van der Waals surface area contributed by atoms with Gasteiger partial charge in [-0.25, -0.2) is 4.79 Å². The van der Waals surface area contributed by atoms with Gasteiger partial charge in [-0.05, 0) is 20.8 Å². The van der Waals surface area contributed by atoms with Gasteiger partial charge in [0.2, 0.25) is 0 Å². The smallest absolute Gasteiger partial charge is 0.410 e. The van der Waals surface area contributed by atoms with Crippen molar-refractivity contribution in [1.82, 2.24) is 4.90 Å². The molecule has 0 aliphatic carbocycles. The van der Waals surface area contributed by atoms with Crippen LogP contribution in [0.3, 0.4) is 0 Å². The van der Waals surface area contributed by atoms with E-state index in [4.69, 9.17) is 12.6 Å². The van der Waals surface area contributed by atoms with Crippen LogP contribution in [-0.2, 0) is 9.53 Å². The van der Waals surface area contributed by atoms with Gasteiger partial charge in [0.05, 0.1) is 6.37 Å². The van der Waals surface area contributed by atoms with Crippen molar-refractivity contribution in [3.8, 4) is 0 Å². The first-order valence-corrected chi connectivity index (χ1v) is 4.75. The molecule has 1 aliphatic heterocycles. The van der Waals surface area contributed by atoms with Gasteiger partial charge in [-0.15, -0.1) is 0 Å². The molecule has 0 saturated carbocycles. The zero-order valence-electron chi connectivity index (χ0n) is 11.1. The first kappa shape index (κ1) is 9.00. The molecule has 0 spiro atoms. The number of carboxylic acids is 1. The molecule has 1 aliphatic rings. The Hall–Kier alpha value is -1.26. The summed E-state index contributed by atoms with van der Waals surface area (Å²) >= 11 is 0. The second-order valence-electron chi connectivity index (χ2n) is 4.53. The minimum atomic E-state index is -2.29. The summed E-state index contributed by atoms with van der Waals surface area (Å²) in [6.07, 6.45) is -2.83. The lowest BCUT2D eigenvalue weighted by Gasteiger charge is -2.39. The highest BCUT2D eigenvalue weighted by atomic mass is 16.6. The van der Waals surface area contributed by atoms with Crippen molar-refractivity contribution in [3.63, 3.8) is 0 Å². The summed E-state index contributed by atoms with van der Waals surface area (Å²) in [7, 11) is 0. The van der Waals surface area contributed by atoms with Crippen LogP contribution in [0.4, 0.5) is 4.79 Å². The Balaban J connectivity index is 2.47. The van der Waals surface area contributed by atoms with E-state index >= 15 is 0 Å². The topological polar surface area (TPSA) is 66.8 Å². The van der Waals surface area contributed by atoms with E-state index in [1.54, 1.807) is 20.8 Å². The zero-order chi connectivity index (χ0) is 13.4. The monoisotopic (exact) mass is 217 g/mol. The number of likely N-dealkylation sites (tertiary alicyclic amines) is 1. The molecular formula is C10H17NO4. The second-order valence-corrected chi connectivity index (χ2v) is 4.53. The molecule has 1 rings (SSSR count). The highest BCUT2D eigenvalue weighted by Crippen LogP contribution is 2.21. The summed E-state index contributed by atoms with van der Waals surface area (Å²) in [5, 5.41) is 8.68. The number of hydrogen-bond acceptors (Lipinski definition) is 3. The number of aliphatic carboxylic acids is 1. The van der Waals surface area contributed by atoms with Crippen molar-refractivity contribution in [2.75, 3.05) is 13.1 Å². The third kappa shape index (κ3) is 3.77. The van der Waals surface area contributed by atoms with E-state index < -0.39 is 30.0 Å². The molecular weight excluding hydrogens is 198 g/mol. The summed E-state index contributed by atoms with van der Waals surface area (Å²) in [4.78, 5) is 23.5. The lowest BCUT2D eigenvalue weighted by molar-refractivity contribution is -0.139. The van der Waals surface area contributed by atoms with Crippen LogP contribution in [0.1, 0.15) is 29.9 Å². The maximum Gasteiger partial charge on any atom is 0.410 e. The average molecular weight is 217 g/mol. The first-order valence-electron chi connectivity index (χ1n) is 5.75. The van der Waals surface area contributed by atoms with E-state index in [1.807, 2.05) is 0 Å². The number of hydrogen-bond donors (Lipinski definition) is 1.